The highest BCUT2D eigenvalue weighted by molar-refractivity contribution is 5.92. The molecule has 0 aliphatic carbocycles. The van der Waals surface area contributed by atoms with Crippen LogP contribution in [0.1, 0.15) is 46.1 Å². The van der Waals surface area contributed by atoms with Gasteiger partial charge in [-0.25, -0.2) is 0 Å². The topological polar surface area (TPSA) is 50.4 Å². The van der Waals surface area contributed by atoms with E-state index in [9.17, 15) is 4.79 Å². The molecule has 4 unspecified atom stereocenters. The van der Waals surface area contributed by atoms with E-state index >= 15 is 0 Å². The van der Waals surface area contributed by atoms with Crippen LogP contribution >= 0.6 is 0 Å². The molecule has 1 saturated heterocycles. The predicted molar refractivity (Wildman–Crippen MR) is 90.1 cm³/mol. The summed E-state index contributed by atoms with van der Waals surface area (Å²) < 4.78 is 5.78. The lowest BCUT2D eigenvalue weighted by Gasteiger charge is -2.20. The van der Waals surface area contributed by atoms with Gasteiger partial charge in [-0.2, -0.15) is 0 Å². The van der Waals surface area contributed by atoms with Crippen LogP contribution in [0, 0.1) is 5.92 Å². The van der Waals surface area contributed by atoms with E-state index < -0.39 is 0 Å². The first-order chi connectivity index (χ1) is 10.4. The maximum Gasteiger partial charge on any atom is 0.238 e. The summed E-state index contributed by atoms with van der Waals surface area (Å²) in [6, 6.07) is 8.26. The SMILES string of the molecule is CC(C)c1ccc(NC(=O)CNC2C(C)OC(C)C2C)cc1. The zero-order valence-corrected chi connectivity index (χ0v) is 14.2. The van der Waals surface area contributed by atoms with E-state index in [1.54, 1.807) is 0 Å². The number of carbonyl (C=O) groups is 1. The third-order valence-corrected chi connectivity index (χ3v) is 4.60. The molecule has 1 aromatic carbocycles. The molecule has 1 heterocycles. The summed E-state index contributed by atoms with van der Waals surface area (Å²) >= 11 is 0. The molecule has 2 rings (SSSR count). The lowest BCUT2D eigenvalue weighted by molar-refractivity contribution is -0.115. The van der Waals surface area contributed by atoms with Gasteiger partial charge in [0.2, 0.25) is 5.91 Å². The van der Waals surface area contributed by atoms with Crippen molar-refractivity contribution in [3.8, 4) is 0 Å². The quantitative estimate of drug-likeness (QED) is 0.878. The van der Waals surface area contributed by atoms with Crippen molar-refractivity contribution in [3.05, 3.63) is 29.8 Å². The normalized spacial score (nSPS) is 28.1. The Kier molecular flexibility index (Phi) is 5.59. The van der Waals surface area contributed by atoms with Crippen LogP contribution < -0.4 is 10.6 Å². The first-order valence-electron chi connectivity index (χ1n) is 8.17. The number of carbonyl (C=O) groups excluding carboxylic acids is 1. The van der Waals surface area contributed by atoms with Gasteiger partial charge in [0.05, 0.1) is 18.8 Å². The van der Waals surface area contributed by atoms with E-state index in [1.165, 1.54) is 5.56 Å². The summed E-state index contributed by atoms with van der Waals surface area (Å²) in [5, 5.41) is 6.25. The number of rotatable bonds is 5. The molecule has 0 aromatic heterocycles. The Labute approximate surface area is 133 Å². The van der Waals surface area contributed by atoms with Crippen LogP contribution in [0.25, 0.3) is 0 Å². The molecule has 1 aliphatic heterocycles. The maximum atomic E-state index is 12.1. The molecule has 2 N–H and O–H groups in total. The van der Waals surface area contributed by atoms with Gasteiger partial charge >= 0.3 is 0 Å². The van der Waals surface area contributed by atoms with Gasteiger partial charge < -0.3 is 15.4 Å². The highest BCUT2D eigenvalue weighted by atomic mass is 16.5. The van der Waals surface area contributed by atoms with Gasteiger partial charge in [0.25, 0.3) is 0 Å². The molecule has 0 bridgehead atoms. The van der Waals surface area contributed by atoms with E-state index in [1.807, 2.05) is 12.1 Å². The van der Waals surface area contributed by atoms with Gasteiger partial charge in [-0.15, -0.1) is 0 Å². The van der Waals surface area contributed by atoms with E-state index in [0.717, 1.165) is 5.69 Å². The Morgan fingerprint density at radius 2 is 1.77 bits per heavy atom. The Balaban J connectivity index is 1.83. The van der Waals surface area contributed by atoms with Crippen molar-refractivity contribution in [2.75, 3.05) is 11.9 Å². The first kappa shape index (κ1) is 17.0. The number of nitrogens with one attached hydrogen (secondary N) is 2. The fourth-order valence-electron chi connectivity index (χ4n) is 2.99. The number of anilines is 1. The molecule has 122 valence electrons. The third kappa shape index (κ3) is 4.08. The van der Waals surface area contributed by atoms with Crippen LogP contribution in [0.15, 0.2) is 24.3 Å². The van der Waals surface area contributed by atoms with Crippen molar-refractivity contribution in [1.29, 1.82) is 0 Å². The molecule has 1 amide bonds. The number of amides is 1. The van der Waals surface area contributed by atoms with Crippen molar-refractivity contribution >= 4 is 11.6 Å². The number of hydrogen-bond donors (Lipinski definition) is 2. The van der Waals surface area contributed by atoms with Gasteiger partial charge in [0.1, 0.15) is 0 Å². The third-order valence-electron chi connectivity index (χ3n) is 4.60. The van der Waals surface area contributed by atoms with E-state index in [2.05, 4.69) is 57.4 Å². The van der Waals surface area contributed by atoms with Crippen LogP contribution in [0.2, 0.25) is 0 Å². The van der Waals surface area contributed by atoms with Crippen LogP contribution in [0.3, 0.4) is 0 Å². The Bertz CT molecular complexity index is 498. The molecule has 1 fully saturated rings. The Morgan fingerprint density at radius 1 is 1.14 bits per heavy atom. The maximum absolute atomic E-state index is 12.1. The van der Waals surface area contributed by atoms with Crippen LogP contribution in [0.5, 0.6) is 0 Å². The second-order valence-corrected chi connectivity index (χ2v) is 6.64. The highest BCUT2D eigenvalue weighted by Crippen LogP contribution is 2.26. The summed E-state index contributed by atoms with van der Waals surface area (Å²) in [5.74, 6) is 0.892. The van der Waals surface area contributed by atoms with Gasteiger partial charge in [-0.3, -0.25) is 4.79 Å². The van der Waals surface area contributed by atoms with Crippen LogP contribution in [-0.2, 0) is 9.53 Å². The molecule has 1 aromatic rings. The van der Waals surface area contributed by atoms with Gasteiger partial charge in [-0.05, 0) is 43.4 Å². The molecule has 4 atom stereocenters. The van der Waals surface area contributed by atoms with Crippen molar-refractivity contribution in [3.63, 3.8) is 0 Å². The fraction of sp³-hybridized carbons (Fsp3) is 0.611. The summed E-state index contributed by atoms with van der Waals surface area (Å²) in [6.07, 6.45) is 0.377. The molecule has 0 spiro atoms. The zero-order chi connectivity index (χ0) is 16.3. The molecule has 4 heteroatoms. The summed E-state index contributed by atoms with van der Waals surface area (Å²) in [4.78, 5) is 12.1. The average Bonchev–Trinajstić information content (AvgIpc) is 2.70. The molecule has 1 aliphatic rings. The van der Waals surface area contributed by atoms with Gasteiger partial charge in [0.15, 0.2) is 0 Å². The van der Waals surface area contributed by atoms with E-state index in [4.69, 9.17) is 4.74 Å². The molecule has 0 saturated carbocycles. The number of benzene rings is 1. The van der Waals surface area contributed by atoms with Crippen molar-refractivity contribution in [2.45, 2.75) is 58.8 Å². The summed E-state index contributed by atoms with van der Waals surface area (Å²) in [5.41, 5.74) is 2.12. The minimum absolute atomic E-state index is 0.0174. The van der Waals surface area contributed by atoms with Crippen LogP contribution in [0.4, 0.5) is 5.69 Å². The Morgan fingerprint density at radius 3 is 2.27 bits per heavy atom. The molecular formula is C18H28N2O2. The molecule has 4 nitrogen and oxygen atoms in total. The standard InChI is InChI=1S/C18H28N2O2/c1-11(2)15-6-8-16(9-7-15)20-17(21)10-19-18-12(3)13(4)22-14(18)5/h6-9,11-14,18-19H,10H2,1-5H3,(H,20,21). The predicted octanol–water partition coefficient (Wildman–Crippen LogP) is 3.15. The second kappa shape index (κ2) is 7.25. The van der Waals surface area contributed by atoms with Gasteiger partial charge in [-0.1, -0.05) is 32.9 Å². The minimum atomic E-state index is -0.0174. The average molecular weight is 304 g/mol. The lowest BCUT2D eigenvalue weighted by atomic mass is 9.97. The van der Waals surface area contributed by atoms with E-state index in [0.29, 0.717) is 18.4 Å². The smallest absolute Gasteiger partial charge is 0.238 e. The molecule has 22 heavy (non-hydrogen) atoms. The molecular weight excluding hydrogens is 276 g/mol. The Hall–Kier alpha value is -1.39. The van der Waals surface area contributed by atoms with Crippen molar-refractivity contribution in [2.24, 2.45) is 5.92 Å². The zero-order valence-electron chi connectivity index (χ0n) is 14.2. The second-order valence-electron chi connectivity index (χ2n) is 6.64. The number of ether oxygens (including phenoxy) is 1. The summed E-state index contributed by atoms with van der Waals surface area (Å²) in [7, 11) is 0. The number of hydrogen-bond acceptors (Lipinski definition) is 3. The fourth-order valence-corrected chi connectivity index (χ4v) is 2.99. The van der Waals surface area contributed by atoms with Crippen molar-refractivity contribution < 1.29 is 9.53 Å². The van der Waals surface area contributed by atoms with Crippen molar-refractivity contribution in [1.82, 2.24) is 5.32 Å². The van der Waals surface area contributed by atoms with Gasteiger partial charge in [0, 0.05) is 11.7 Å². The summed E-state index contributed by atoms with van der Waals surface area (Å²) in [6.45, 7) is 10.9. The first-order valence-corrected chi connectivity index (χ1v) is 8.17. The minimum Gasteiger partial charge on any atom is -0.374 e. The van der Waals surface area contributed by atoms with Crippen LogP contribution in [-0.4, -0.2) is 30.7 Å². The highest BCUT2D eigenvalue weighted by Gasteiger charge is 2.36. The monoisotopic (exact) mass is 304 g/mol. The van der Waals surface area contributed by atoms with E-state index in [-0.39, 0.29) is 24.2 Å². The lowest BCUT2D eigenvalue weighted by Crippen LogP contribution is -2.43. The largest absolute Gasteiger partial charge is 0.374 e. The molecule has 0 radical (unpaired) electrons.